The van der Waals surface area contributed by atoms with E-state index in [4.69, 9.17) is 11.6 Å². The Morgan fingerprint density at radius 3 is 3.13 bits per heavy atom. The first-order valence-corrected chi connectivity index (χ1v) is 5.48. The van der Waals surface area contributed by atoms with Crippen LogP contribution in [0.4, 0.5) is 5.69 Å². The van der Waals surface area contributed by atoms with Gasteiger partial charge in [-0.2, -0.15) is 0 Å². The average Bonchev–Trinajstić information content (AvgIpc) is 2.54. The van der Waals surface area contributed by atoms with Gasteiger partial charge in [0, 0.05) is 36.4 Å². The summed E-state index contributed by atoms with van der Waals surface area (Å²) in [6.07, 6.45) is 1.14. The Kier molecular flexibility index (Phi) is 3.10. The van der Waals surface area contributed by atoms with Crippen molar-refractivity contribution in [2.45, 2.75) is 12.5 Å². The second kappa shape index (κ2) is 4.20. The topological polar surface area (TPSA) is 15.3 Å². The first-order chi connectivity index (χ1) is 6.84. The molecule has 2 aliphatic rings. The van der Waals surface area contributed by atoms with E-state index in [9.17, 15) is 0 Å². The minimum atomic E-state index is 0. The number of halogens is 2. The van der Waals surface area contributed by atoms with Crippen molar-refractivity contribution in [1.82, 2.24) is 5.32 Å². The summed E-state index contributed by atoms with van der Waals surface area (Å²) in [5.74, 6) is 0. The lowest BCUT2D eigenvalue weighted by atomic mass is 10.1. The molecule has 2 nitrogen and oxygen atoms in total. The molecule has 1 aromatic rings. The van der Waals surface area contributed by atoms with Crippen molar-refractivity contribution in [3.05, 3.63) is 28.8 Å². The van der Waals surface area contributed by atoms with Crippen molar-refractivity contribution in [1.29, 1.82) is 0 Å². The quantitative estimate of drug-likeness (QED) is 0.753. The van der Waals surface area contributed by atoms with Crippen molar-refractivity contribution in [2.24, 2.45) is 0 Å². The molecule has 2 aliphatic heterocycles. The van der Waals surface area contributed by atoms with Gasteiger partial charge in [0.25, 0.3) is 0 Å². The second-order valence-electron chi connectivity index (χ2n) is 4.03. The van der Waals surface area contributed by atoms with Gasteiger partial charge in [0.15, 0.2) is 0 Å². The number of hydrogen-bond donors (Lipinski definition) is 1. The third-order valence-corrected chi connectivity index (χ3v) is 3.39. The number of anilines is 1. The Balaban J connectivity index is 0.000000853. The summed E-state index contributed by atoms with van der Waals surface area (Å²) in [5, 5.41) is 4.29. The Labute approximate surface area is 101 Å². The molecule has 1 atom stereocenters. The van der Waals surface area contributed by atoms with Crippen molar-refractivity contribution in [3.8, 4) is 0 Å². The van der Waals surface area contributed by atoms with Gasteiger partial charge in [0.1, 0.15) is 0 Å². The molecule has 1 aromatic carbocycles. The number of rotatable bonds is 0. The molecular weight excluding hydrogens is 231 g/mol. The van der Waals surface area contributed by atoms with Crippen LogP contribution in [0.3, 0.4) is 0 Å². The monoisotopic (exact) mass is 244 g/mol. The smallest absolute Gasteiger partial charge is 0.0456 e. The van der Waals surface area contributed by atoms with Crippen molar-refractivity contribution in [2.75, 3.05) is 24.5 Å². The van der Waals surface area contributed by atoms with Crippen LogP contribution in [0.1, 0.15) is 5.56 Å². The molecule has 1 fully saturated rings. The van der Waals surface area contributed by atoms with Crippen LogP contribution in [0.5, 0.6) is 0 Å². The highest BCUT2D eigenvalue weighted by atomic mass is 35.5. The van der Waals surface area contributed by atoms with Crippen LogP contribution in [-0.4, -0.2) is 25.7 Å². The lowest BCUT2D eigenvalue weighted by molar-refractivity contribution is 0.495. The third-order valence-electron chi connectivity index (χ3n) is 3.16. The summed E-state index contributed by atoms with van der Waals surface area (Å²) in [7, 11) is 0. The molecule has 82 valence electrons. The maximum absolute atomic E-state index is 5.99. The van der Waals surface area contributed by atoms with Gasteiger partial charge in [-0.3, -0.25) is 0 Å². The largest absolute Gasteiger partial charge is 0.365 e. The fraction of sp³-hybridized carbons (Fsp3) is 0.455. The number of benzene rings is 1. The fourth-order valence-corrected chi connectivity index (χ4v) is 2.71. The number of nitrogens with one attached hydrogen (secondary N) is 1. The molecule has 2 heterocycles. The van der Waals surface area contributed by atoms with Crippen molar-refractivity contribution >= 4 is 29.7 Å². The molecule has 0 radical (unpaired) electrons. The zero-order valence-electron chi connectivity index (χ0n) is 8.37. The third kappa shape index (κ3) is 1.82. The number of nitrogens with zero attached hydrogens (tertiary/aromatic N) is 1. The van der Waals surface area contributed by atoms with E-state index >= 15 is 0 Å². The Hall–Kier alpha value is -0.440. The van der Waals surface area contributed by atoms with Gasteiger partial charge in [0.2, 0.25) is 0 Å². The van der Waals surface area contributed by atoms with E-state index in [1.807, 2.05) is 6.07 Å². The van der Waals surface area contributed by atoms with Crippen LogP contribution < -0.4 is 10.2 Å². The zero-order chi connectivity index (χ0) is 9.54. The maximum atomic E-state index is 5.99. The molecule has 1 saturated heterocycles. The average molecular weight is 245 g/mol. The van der Waals surface area contributed by atoms with Gasteiger partial charge in [-0.25, -0.2) is 0 Å². The molecule has 0 aromatic heterocycles. The molecule has 0 saturated carbocycles. The summed E-state index contributed by atoms with van der Waals surface area (Å²) in [5.41, 5.74) is 2.80. The van der Waals surface area contributed by atoms with Gasteiger partial charge in [-0.1, -0.05) is 11.6 Å². The van der Waals surface area contributed by atoms with Gasteiger partial charge in [-0.05, 0) is 30.2 Å². The summed E-state index contributed by atoms with van der Waals surface area (Å²) < 4.78 is 0. The van der Waals surface area contributed by atoms with Crippen LogP contribution in [0.2, 0.25) is 5.02 Å². The molecule has 3 rings (SSSR count). The molecule has 0 amide bonds. The standard InChI is InChI=1S/C11H13ClN2.ClH/c12-9-1-2-11-8(5-9)6-10-7-13-3-4-14(10)11;/h1-2,5,10,13H,3-4,6-7H2;1H/t10-;/m0./s1. The molecule has 0 bridgehead atoms. The molecule has 15 heavy (non-hydrogen) atoms. The van der Waals surface area contributed by atoms with Gasteiger partial charge in [0.05, 0.1) is 0 Å². The van der Waals surface area contributed by atoms with Crippen LogP contribution in [0.25, 0.3) is 0 Å². The minimum absolute atomic E-state index is 0. The first kappa shape index (κ1) is 11.1. The SMILES string of the molecule is Cl.Clc1ccc2c(c1)C[C@H]1CNCCN21. The normalized spacial score (nSPS) is 23.0. The van der Waals surface area contributed by atoms with Crippen molar-refractivity contribution < 1.29 is 0 Å². The van der Waals surface area contributed by atoms with E-state index in [-0.39, 0.29) is 12.4 Å². The first-order valence-electron chi connectivity index (χ1n) is 5.10. The number of fused-ring (bicyclic) bond motifs is 3. The predicted octanol–water partition coefficient (Wildman–Crippen LogP) is 2.10. The Morgan fingerprint density at radius 1 is 1.40 bits per heavy atom. The molecule has 0 aliphatic carbocycles. The van der Waals surface area contributed by atoms with Crippen LogP contribution in [0.15, 0.2) is 18.2 Å². The molecule has 0 spiro atoms. The van der Waals surface area contributed by atoms with Gasteiger partial charge < -0.3 is 10.2 Å². The molecule has 4 heteroatoms. The highest BCUT2D eigenvalue weighted by molar-refractivity contribution is 6.30. The van der Waals surface area contributed by atoms with E-state index < -0.39 is 0 Å². The van der Waals surface area contributed by atoms with Crippen LogP contribution in [-0.2, 0) is 6.42 Å². The highest BCUT2D eigenvalue weighted by Gasteiger charge is 2.30. The van der Waals surface area contributed by atoms with E-state index in [0.29, 0.717) is 6.04 Å². The Morgan fingerprint density at radius 2 is 2.27 bits per heavy atom. The molecule has 1 N–H and O–H groups in total. The highest BCUT2D eigenvalue weighted by Crippen LogP contribution is 2.34. The summed E-state index contributed by atoms with van der Waals surface area (Å²) >= 11 is 5.99. The minimum Gasteiger partial charge on any atom is -0.365 e. The van der Waals surface area contributed by atoms with Gasteiger partial charge in [-0.15, -0.1) is 12.4 Å². The summed E-state index contributed by atoms with van der Waals surface area (Å²) in [4.78, 5) is 2.50. The van der Waals surface area contributed by atoms with Gasteiger partial charge >= 0.3 is 0 Å². The molecular formula is C11H14Cl2N2. The number of piperazine rings is 1. The maximum Gasteiger partial charge on any atom is 0.0456 e. The molecule has 0 unspecified atom stereocenters. The summed E-state index contributed by atoms with van der Waals surface area (Å²) in [6.45, 7) is 3.32. The zero-order valence-corrected chi connectivity index (χ0v) is 9.94. The fourth-order valence-electron chi connectivity index (χ4n) is 2.51. The summed E-state index contributed by atoms with van der Waals surface area (Å²) in [6, 6.07) is 6.90. The van der Waals surface area contributed by atoms with Crippen LogP contribution >= 0.6 is 24.0 Å². The number of hydrogen-bond acceptors (Lipinski definition) is 2. The lowest BCUT2D eigenvalue weighted by Crippen LogP contribution is -2.49. The second-order valence-corrected chi connectivity index (χ2v) is 4.46. The van der Waals surface area contributed by atoms with E-state index in [1.165, 1.54) is 11.3 Å². The van der Waals surface area contributed by atoms with E-state index in [1.54, 1.807) is 0 Å². The Bertz CT molecular complexity index is 368. The lowest BCUT2D eigenvalue weighted by Gasteiger charge is -2.32. The van der Waals surface area contributed by atoms with Crippen molar-refractivity contribution in [3.63, 3.8) is 0 Å². The predicted molar refractivity (Wildman–Crippen MR) is 66.4 cm³/mol. The van der Waals surface area contributed by atoms with E-state index in [2.05, 4.69) is 22.3 Å². The van der Waals surface area contributed by atoms with Crippen LogP contribution in [0, 0.1) is 0 Å². The van der Waals surface area contributed by atoms with E-state index in [0.717, 1.165) is 31.1 Å².